The van der Waals surface area contributed by atoms with E-state index in [1.165, 1.54) is 0 Å². The number of hydrogen-bond donors (Lipinski definition) is 1. The fraction of sp³-hybridized carbons (Fsp3) is 0.167. The van der Waals surface area contributed by atoms with Crippen LogP contribution in [-0.4, -0.2) is 16.8 Å². The number of benzene rings is 1. The Balaban J connectivity index is 1.41. The van der Waals surface area contributed by atoms with E-state index in [0.29, 0.717) is 35.6 Å². The molecular weight excluding hydrogens is 336 g/mol. The molecule has 0 bridgehead atoms. The van der Waals surface area contributed by atoms with Gasteiger partial charge in [-0.2, -0.15) is 10.2 Å². The summed E-state index contributed by atoms with van der Waals surface area (Å²) in [6, 6.07) is 11.0. The third-order valence-electron chi connectivity index (χ3n) is 3.66. The van der Waals surface area contributed by atoms with E-state index >= 15 is 0 Å². The number of fused-ring (bicyclic) bond motifs is 1. The summed E-state index contributed by atoms with van der Waals surface area (Å²) in [6.07, 6.45) is 3.43. The Hall–Kier alpha value is -3.73. The number of nitriles is 1. The summed E-state index contributed by atoms with van der Waals surface area (Å²) in [7, 11) is 0. The third-order valence-corrected chi connectivity index (χ3v) is 3.66. The van der Waals surface area contributed by atoms with E-state index in [-0.39, 0.29) is 19.1 Å². The maximum atomic E-state index is 9.22. The molecule has 2 aromatic heterocycles. The van der Waals surface area contributed by atoms with Crippen LogP contribution in [-0.2, 0) is 13.2 Å². The molecule has 0 amide bonds. The van der Waals surface area contributed by atoms with E-state index in [1.807, 2.05) is 18.2 Å². The molecule has 1 aliphatic heterocycles. The lowest BCUT2D eigenvalue weighted by atomic mass is 10.3. The molecule has 0 atom stereocenters. The minimum atomic E-state index is 0.0862. The van der Waals surface area contributed by atoms with Crippen LogP contribution in [0.4, 0.5) is 5.88 Å². The van der Waals surface area contributed by atoms with Gasteiger partial charge in [0.2, 0.25) is 24.3 Å². The highest BCUT2D eigenvalue weighted by Crippen LogP contribution is 2.35. The van der Waals surface area contributed by atoms with E-state index in [4.69, 9.17) is 18.6 Å². The molecule has 8 heteroatoms. The molecule has 130 valence electrons. The smallest absolute Gasteiger partial charge is 0.236 e. The Bertz CT molecular complexity index is 950. The molecule has 0 aliphatic carbocycles. The summed E-state index contributed by atoms with van der Waals surface area (Å²) in [5, 5.41) is 12.3. The minimum absolute atomic E-state index is 0.0862. The first-order chi connectivity index (χ1) is 12.8. The van der Waals surface area contributed by atoms with Crippen LogP contribution in [0.25, 0.3) is 0 Å². The topological polar surface area (TPSA) is 102 Å². The normalized spacial score (nSPS) is 11.8. The molecule has 3 aromatic rings. The van der Waals surface area contributed by atoms with Gasteiger partial charge in [0, 0.05) is 25.0 Å². The van der Waals surface area contributed by atoms with Gasteiger partial charge in [-0.3, -0.25) is 4.98 Å². The van der Waals surface area contributed by atoms with E-state index in [0.717, 1.165) is 5.56 Å². The average Bonchev–Trinajstić information content (AvgIpc) is 3.31. The Kier molecular flexibility index (Phi) is 4.26. The van der Waals surface area contributed by atoms with Crippen LogP contribution in [0.3, 0.4) is 0 Å². The van der Waals surface area contributed by atoms with Crippen LogP contribution < -0.4 is 19.5 Å². The molecule has 4 rings (SSSR count). The molecule has 0 spiro atoms. The fourth-order valence-corrected chi connectivity index (χ4v) is 2.42. The molecule has 8 nitrogen and oxygen atoms in total. The number of anilines is 1. The van der Waals surface area contributed by atoms with Crippen molar-refractivity contribution >= 4 is 5.88 Å². The lowest BCUT2D eigenvalue weighted by Crippen LogP contribution is -2.00. The fourth-order valence-electron chi connectivity index (χ4n) is 2.42. The molecule has 1 N–H and O–H groups in total. The quantitative estimate of drug-likeness (QED) is 0.724. The lowest BCUT2D eigenvalue weighted by Gasteiger charge is -2.04. The van der Waals surface area contributed by atoms with Gasteiger partial charge in [-0.05, 0) is 23.8 Å². The number of ether oxygens (including phenoxy) is 3. The van der Waals surface area contributed by atoms with Crippen LogP contribution >= 0.6 is 0 Å². The first kappa shape index (κ1) is 15.8. The maximum absolute atomic E-state index is 9.22. The molecular formula is C18H14N4O4. The number of rotatable bonds is 6. The van der Waals surface area contributed by atoms with E-state index in [1.54, 1.807) is 30.6 Å². The third kappa shape index (κ3) is 3.37. The van der Waals surface area contributed by atoms with Crippen molar-refractivity contribution in [3.8, 4) is 23.3 Å². The zero-order chi connectivity index (χ0) is 17.8. The summed E-state index contributed by atoms with van der Waals surface area (Å²) in [6.45, 7) is 0.763. The highest BCUT2D eigenvalue weighted by Gasteiger charge is 2.16. The van der Waals surface area contributed by atoms with Crippen molar-refractivity contribution in [2.24, 2.45) is 0 Å². The van der Waals surface area contributed by atoms with Gasteiger partial charge >= 0.3 is 0 Å². The highest BCUT2D eigenvalue weighted by atomic mass is 16.7. The molecule has 1 aliphatic rings. The van der Waals surface area contributed by atoms with Crippen LogP contribution in [0.5, 0.6) is 17.2 Å². The predicted molar refractivity (Wildman–Crippen MR) is 89.7 cm³/mol. The summed E-state index contributed by atoms with van der Waals surface area (Å²) < 4.78 is 21.8. The van der Waals surface area contributed by atoms with Crippen molar-refractivity contribution in [1.29, 1.82) is 5.26 Å². The lowest BCUT2D eigenvalue weighted by molar-refractivity contribution is 0.173. The van der Waals surface area contributed by atoms with Gasteiger partial charge < -0.3 is 23.9 Å². The number of pyridine rings is 1. The van der Waals surface area contributed by atoms with Gasteiger partial charge in [0.15, 0.2) is 18.1 Å². The maximum Gasteiger partial charge on any atom is 0.236 e. The largest absolute Gasteiger partial charge is 0.484 e. The first-order valence-corrected chi connectivity index (χ1v) is 7.87. The molecule has 0 unspecified atom stereocenters. The van der Waals surface area contributed by atoms with E-state index < -0.39 is 0 Å². The van der Waals surface area contributed by atoms with Gasteiger partial charge in [0.1, 0.15) is 11.8 Å². The molecule has 0 saturated carbocycles. The molecule has 1 aromatic carbocycles. The molecule has 26 heavy (non-hydrogen) atoms. The summed E-state index contributed by atoms with van der Waals surface area (Å²) in [5.41, 5.74) is 1.14. The minimum Gasteiger partial charge on any atom is -0.484 e. The van der Waals surface area contributed by atoms with Crippen molar-refractivity contribution in [1.82, 2.24) is 9.97 Å². The molecule has 0 radical (unpaired) electrons. The van der Waals surface area contributed by atoms with Crippen molar-refractivity contribution in [2.45, 2.75) is 13.2 Å². The summed E-state index contributed by atoms with van der Waals surface area (Å²) >= 11 is 0. The Morgan fingerprint density at radius 2 is 2.15 bits per heavy atom. The molecule has 0 fully saturated rings. The van der Waals surface area contributed by atoms with Crippen molar-refractivity contribution < 1.29 is 18.6 Å². The van der Waals surface area contributed by atoms with Gasteiger partial charge in [0.25, 0.3) is 0 Å². The number of nitrogens with one attached hydrogen (secondary N) is 1. The first-order valence-electron chi connectivity index (χ1n) is 7.87. The summed E-state index contributed by atoms with van der Waals surface area (Å²) in [4.78, 5) is 8.18. The second-order valence-corrected chi connectivity index (χ2v) is 5.42. The van der Waals surface area contributed by atoms with E-state index in [9.17, 15) is 5.26 Å². The van der Waals surface area contributed by atoms with Crippen LogP contribution in [0.1, 0.15) is 17.1 Å². The van der Waals surface area contributed by atoms with Crippen molar-refractivity contribution in [2.75, 3.05) is 12.1 Å². The predicted octanol–water partition coefficient (Wildman–Crippen LogP) is 2.86. The number of oxazole rings is 1. The number of nitrogens with zero attached hydrogens (tertiary/aromatic N) is 3. The van der Waals surface area contributed by atoms with Crippen molar-refractivity contribution in [3.63, 3.8) is 0 Å². The van der Waals surface area contributed by atoms with Crippen LogP contribution in [0.15, 0.2) is 47.1 Å². The number of hydrogen-bond acceptors (Lipinski definition) is 8. The highest BCUT2D eigenvalue weighted by molar-refractivity contribution is 5.47. The molecule has 0 saturated heterocycles. The molecule has 3 heterocycles. The Morgan fingerprint density at radius 3 is 3.00 bits per heavy atom. The zero-order valence-corrected chi connectivity index (χ0v) is 13.6. The summed E-state index contributed by atoms with van der Waals surface area (Å²) in [5.74, 6) is 2.51. The standard InChI is InChI=1S/C18H14N4O4/c19-7-14-18(21-9-12-2-1-5-20-8-12)26-17(22-14)10-23-13-3-4-15-16(6-13)25-11-24-15/h1-6,8,21H,9-11H2. The van der Waals surface area contributed by atoms with Crippen LogP contribution in [0.2, 0.25) is 0 Å². The van der Waals surface area contributed by atoms with Gasteiger partial charge in [-0.15, -0.1) is 0 Å². The van der Waals surface area contributed by atoms with E-state index in [2.05, 4.69) is 15.3 Å². The van der Waals surface area contributed by atoms with Gasteiger partial charge in [0.05, 0.1) is 0 Å². The van der Waals surface area contributed by atoms with Gasteiger partial charge in [-0.1, -0.05) is 6.07 Å². The SMILES string of the molecule is N#Cc1nc(COc2ccc3c(c2)OCO3)oc1NCc1cccnc1. The second-order valence-electron chi connectivity index (χ2n) is 5.42. The zero-order valence-electron chi connectivity index (χ0n) is 13.6. The average molecular weight is 350 g/mol. The second kappa shape index (κ2) is 7.03. The van der Waals surface area contributed by atoms with Crippen molar-refractivity contribution in [3.05, 3.63) is 59.9 Å². The Morgan fingerprint density at radius 1 is 1.23 bits per heavy atom. The van der Waals surface area contributed by atoms with Crippen LogP contribution in [0, 0.1) is 11.3 Å². The Labute approximate surface area is 149 Å². The number of aromatic nitrogens is 2. The monoisotopic (exact) mass is 350 g/mol. The van der Waals surface area contributed by atoms with Gasteiger partial charge in [-0.25, -0.2) is 0 Å².